The predicted molar refractivity (Wildman–Crippen MR) is 93.0 cm³/mol. The number of ether oxygens (including phenoxy) is 2. The molecule has 3 rings (SSSR count). The molecule has 1 aromatic carbocycles. The number of allylic oxidation sites excluding steroid dienone is 2. The molecule has 130 valence electrons. The number of likely N-dealkylation sites (tertiary alicyclic amines) is 1. The fraction of sp³-hybridized carbons (Fsp3) is 0.526. The summed E-state index contributed by atoms with van der Waals surface area (Å²) in [5, 5.41) is 0. The van der Waals surface area contributed by atoms with Crippen molar-refractivity contribution < 1.29 is 14.3 Å². The van der Waals surface area contributed by atoms with Crippen LogP contribution in [0.4, 0.5) is 0 Å². The van der Waals surface area contributed by atoms with Crippen LogP contribution in [0.25, 0.3) is 0 Å². The summed E-state index contributed by atoms with van der Waals surface area (Å²) >= 11 is 0. The fourth-order valence-corrected chi connectivity index (χ4v) is 3.74. The molecular weight excluding hydrogens is 304 g/mol. The van der Waals surface area contributed by atoms with E-state index in [9.17, 15) is 4.79 Å². The first kappa shape index (κ1) is 16.8. The predicted octanol–water partition coefficient (Wildman–Crippen LogP) is 2.52. The average molecular weight is 330 g/mol. The van der Waals surface area contributed by atoms with Crippen molar-refractivity contribution in [3.63, 3.8) is 0 Å². The first-order valence-corrected chi connectivity index (χ1v) is 8.52. The molecule has 2 aliphatic rings. The number of benzene rings is 1. The molecule has 1 aliphatic heterocycles. The van der Waals surface area contributed by atoms with E-state index in [0.29, 0.717) is 29.8 Å². The lowest BCUT2D eigenvalue weighted by molar-refractivity contribution is -0.130. The van der Waals surface area contributed by atoms with Gasteiger partial charge < -0.3 is 20.1 Å². The zero-order valence-electron chi connectivity index (χ0n) is 14.4. The molecule has 0 bridgehead atoms. The molecule has 2 N–H and O–H groups in total. The SMILES string of the molecule is COc1ccc([C@H](N)CC(=O)N2C[C@H]3CC=CC[C@H]3C2)cc1OC. The maximum absolute atomic E-state index is 12.6. The second kappa shape index (κ2) is 7.26. The van der Waals surface area contributed by atoms with E-state index in [2.05, 4.69) is 12.2 Å². The van der Waals surface area contributed by atoms with E-state index in [1.165, 1.54) is 0 Å². The van der Waals surface area contributed by atoms with Crippen molar-refractivity contribution in [3.05, 3.63) is 35.9 Å². The van der Waals surface area contributed by atoms with Gasteiger partial charge in [0.1, 0.15) is 0 Å². The van der Waals surface area contributed by atoms with Crippen LogP contribution in [0.1, 0.15) is 30.9 Å². The van der Waals surface area contributed by atoms with Crippen molar-refractivity contribution in [1.82, 2.24) is 4.90 Å². The minimum Gasteiger partial charge on any atom is -0.493 e. The summed E-state index contributed by atoms with van der Waals surface area (Å²) in [5.41, 5.74) is 7.16. The summed E-state index contributed by atoms with van der Waals surface area (Å²) in [6.07, 6.45) is 6.99. The smallest absolute Gasteiger partial charge is 0.224 e. The lowest BCUT2D eigenvalue weighted by atomic mass is 9.86. The molecule has 1 amide bonds. The monoisotopic (exact) mass is 330 g/mol. The van der Waals surface area contributed by atoms with E-state index in [1.54, 1.807) is 14.2 Å². The lowest BCUT2D eigenvalue weighted by Gasteiger charge is -2.20. The van der Waals surface area contributed by atoms with Crippen LogP contribution < -0.4 is 15.2 Å². The molecule has 3 atom stereocenters. The van der Waals surface area contributed by atoms with E-state index in [4.69, 9.17) is 15.2 Å². The number of hydrogen-bond donors (Lipinski definition) is 1. The number of nitrogens with two attached hydrogens (primary N) is 1. The quantitative estimate of drug-likeness (QED) is 0.843. The van der Waals surface area contributed by atoms with Gasteiger partial charge in [-0.3, -0.25) is 4.79 Å². The van der Waals surface area contributed by atoms with Crippen molar-refractivity contribution >= 4 is 5.91 Å². The number of hydrogen-bond acceptors (Lipinski definition) is 4. The molecule has 0 radical (unpaired) electrons. The van der Waals surface area contributed by atoms with Gasteiger partial charge in [0.2, 0.25) is 5.91 Å². The van der Waals surface area contributed by atoms with E-state index in [0.717, 1.165) is 31.5 Å². The van der Waals surface area contributed by atoms with E-state index in [-0.39, 0.29) is 11.9 Å². The van der Waals surface area contributed by atoms with Gasteiger partial charge in [-0.1, -0.05) is 18.2 Å². The minimum absolute atomic E-state index is 0.145. The summed E-state index contributed by atoms with van der Waals surface area (Å²) in [5.74, 6) is 2.69. The van der Waals surface area contributed by atoms with Gasteiger partial charge in [-0.25, -0.2) is 0 Å². The summed E-state index contributed by atoms with van der Waals surface area (Å²) in [6.45, 7) is 1.74. The van der Waals surface area contributed by atoms with Crippen LogP contribution in [0, 0.1) is 11.8 Å². The average Bonchev–Trinajstić information content (AvgIpc) is 3.05. The lowest BCUT2D eigenvalue weighted by Crippen LogP contribution is -2.31. The first-order chi connectivity index (χ1) is 11.6. The normalized spacial score (nSPS) is 23.7. The van der Waals surface area contributed by atoms with Crippen LogP contribution in [0.5, 0.6) is 11.5 Å². The third kappa shape index (κ3) is 3.41. The second-order valence-electron chi connectivity index (χ2n) is 6.69. The van der Waals surface area contributed by atoms with Crippen molar-refractivity contribution in [3.8, 4) is 11.5 Å². The third-order valence-electron chi connectivity index (χ3n) is 5.20. The number of carbonyl (C=O) groups excluding carboxylic acids is 1. The van der Waals surface area contributed by atoms with Crippen LogP contribution in [0.15, 0.2) is 30.4 Å². The highest BCUT2D eigenvalue weighted by molar-refractivity contribution is 5.77. The third-order valence-corrected chi connectivity index (χ3v) is 5.20. The van der Waals surface area contributed by atoms with E-state index in [1.807, 2.05) is 23.1 Å². The Labute approximate surface area is 143 Å². The van der Waals surface area contributed by atoms with Gasteiger partial charge in [-0.2, -0.15) is 0 Å². The molecule has 0 aromatic heterocycles. The van der Waals surface area contributed by atoms with Gasteiger partial charge in [0.05, 0.1) is 14.2 Å². The van der Waals surface area contributed by atoms with Gasteiger partial charge in [0.25, 0.3) is 0 Å². The molecule has 1 aliphatic carbocycles. The summed E-state index contributed by atoms with van der Waals surface area (Å²) in [7, 11) is 3.20. The first-order valence-electron chi connectivity index (χ1n) is 8.52. The Morgan fingerprint density at radius 2 is 1.79 bits per heavy atom. The van der Waals surface area contributed by atoms with Crippen molar-refractivity contribution in [1.29, 1.82) is 0 Å². The highest BCUT2D eigenvalue weighted by Gasteiger charge is 2.35. The van der Waals surface area contributed by atoms with Gasteiger partial charge in [0.15, 0.2) is 11.5 Å². The fourth-order valence-electron chi connectivity index (χ4n) is 3.74. The Morgan fingerprint density at radius 1 is 1.17 bits per heavy atom. The highest BCUT2D eigenvalue weighted by Crippen LogP contribution is 2.34. The van der Waals surface area contributed by atoms with Crippen LogP contribution in [0.2, 0.25) is 0 Å². The Hall–Kier alpha value is -2.01. The molecule has 1 saturated heterocycles. The van der Waals surface area contributed by atoms with Crippen molar-refractivity contribution in [2.75, 3.05) is 27.3 Å². The summed E-state index contributed by atoms with van der Waals surface area (Å²) in [4.78, 5) is 14.6. The van der Waals surface area contributed by atoms with Crippen molar-refractivity contribution in [2.24, 2.45) is 17.6 Å². The topological polar surface area (TPSA) is 64.8 Å². The molecule has 0 spiro atoms. The number of methoxy groups -OCH3 is 2. The van der Waals surface area contributed by atoms with Gasteiger partial charge in [-0.05, 0) is 42.4 Å². The zero-order valence-corrected chi connectivity index (χ0v) is 14.4. The molecule has 1 fully saturated rings. The molecule has 0 saturated carbocycles. The molecule has 5 heteroatoms. The number of rotatable bonds is 5. The number of amides is 1. The zero-order chi connectivity index (χ0) is 17.1. The Morgan fingerprint density at radius 3 is 2.38 bits per heavy atom. The highest BCUT2D eigenvalue weighted by atomic mass is 16.5. The summed E-state index contributed by atoms with van der Waals surface area (Å²) in [6, 6.07) is 5.24. The van der Waals surface area contributed by atoms with Gasteiger partial charge in [0, 0.05) is 25.6 Å². The maximum atomic E-state index is 12.6. The maximum Gasteiger partial charge on any atom is 0.224 e. The molecule has 5 nitrogen and oxygen atoms in total. The standard InChI is InChI=1S/C19H26N2O3/c1-23-17-8-7-13(9-18(17)24-2)16(20)10-19(22)21-11-14-5-3-4-6-15(14)12-21/h3-4,7-9,14-16H,5-6,10-12,20H2,1-2H3/t14-,15+,16-/m1/s1. The van der Waals surface area contributed by atoms with Crippen LogP contribution in [-0.2, 0) is 4.79 Å². The largest absolute Gasteiger partial charge is 0.493 e. The van der Waals surface area contributed by atoms with Crippen molar-refractivity contribution in [2.45, 2.75) is 25.3 Å². The van der Waals surface area contributed by atoms with Crippen LogP contribution >= 0.6 is 0 Å². The number of carbonyl (C=O) groups is 1. The Bertz CT molecular complexity index is 613. The van der Waals surface area contributed by atoms with Crippen LogP contribution in [-0.4, -0.2) is 38.1 Å². The number of fused-ring (bicyclic) bond motifs is 1. The van der Waals surface area contributed by atoms with E-state index >= 15 is 0 Å². The molecule has 1 aromatic rings. The molecule has 24 heavy (non-hydrogen) atoms. The summed E-state index contributed by atoms with van der Waals surface area (Å²) < 4.78 is 10.6. The van der Waals surface area contributed by atoms with Gasteiger partial charge >= 0.3 is 0 Å². The molecule has 1 heterocycles. The number of nitrogens with zero attached hydrogens (tertiary/aromatic N) is 1. The molecular formula is C19H26N2O3. The second-order valence-corrected chi connectivity index (χ2v) is 6.69. The molecule has 0 unspecified atom stereocenters. The van der Waals surface area contributed by atoms with Crippen LogP contribution in [0.3, 0.4) is 0 Å². The van der Waals surface area contributed by atoms with Gasteiger partial charge in [-0.15, -0.1) is 0 Å². The Balaban J connectivity index is 1.62. The van der Waals surface area contributed by atoms with E-state index < -0.39 is 0 Å². The Kier molecular flexibility index (Phi) is 5.09. The minimum atomic E-state index is -0.335.